The molecular formula is C22H19N3O2. The monoisotopic (exact) mass is 357 g/mol. The molecule has 0 aliphatic heterocycles. The second-order valence-electron chi connectivity index (χ2n) is 6.76. The van der Waals surface area contributed by atoms with Crippen molar-refractivity contribution in [2.75, 3.05) is 5.32 Å². The zero-order valence-electron chi connectivity index (χ0n) is 15.0. The van der Waals surface area contributed by atoms with Crippen molar-refractivity contribution in [2.24, 2.45) is 0 Å². The Bertz CT molecular complexity index is 1020. The van der Waals surface area contributed by atoms with Gasteiger partial charge in [-0.3, -0.25) is 14.9 Å². The molecule has 2 aromatic carbocycles. The molecule has 1 atom stereocenters. The maximum absolute atomic E-state index is 12.5. The second-order valence-corrected chi connectivity index (χ2v) is 6.76. The number of carbonyl (C=O) groups excluding carboxylic acids is 2. The van der Waals surface area contributed by atoms with E-state index in [4.69, 9.17) is 0 Å². The van der Waals surface area contributed by atoms with E-state index in [9.17, 15) is 9.59 Å². The Labute approximate surface area is 157 Å². The summed E-state index contributed by atoms with van der Waals surface area (Å²) in [5.41, 5.74) is 3.83. The molecule has 5 heteroatoms. The predicted octanol–water partition coefficient (Wildman–Crippen LogP) is 3.95. The lowest BCUT2D eigenvalue weighted by molar-refractivity contribution is 0.0962. The second kappa shape index (κ2) is 7.11. The fourth-order valence-electron chi connectivity index (χ4n) is 3.46. The minimum Gasteiger partial charge on any atom is -0.294 e. The van der Waals surface area contributed by atoms with Crippen molar-refractivity contribution < 1.29 is 9.59 Å². The molecule has 27 heavy (non-hydrogen) atoms. The lowest BCUT2D eigenvalue weighted by atomic mass is 9.82. The maximum atomic E-state index is 12.5. The largest absolute Gasteiger partial charge is 0.294 e. The molecule has 1 N–H and O–H groups in total. The highest BCUT2D eigenvalue weighted by Gasteiger charge is 2.28. The first kappa shape index (κ1) is 17.1. The first-order valence-electron chi connectivity index (χ1n) is 8.93. The number of hydrogen-bond acceptors (Lipinski definition) is 4. The molecule has 134 valence electrons. The molecule has 1 aliphatic rings. The highest BCUT2D eigenvalue weighted by molar-refractivity contribution is 6.04. The Morgan fingerprint density at radius 1 is 1.04 bits per heavy atom. The summed E-state index contributed by atoms with van der Waals surface area (Å²) in [4.78, 5) is 33.6. The Morgan fingerprint density at radius 2 is 1.78 bits per heavy atom. The molecule has 0 unspecified atom stereocenters. The van der Waals surface area contributed by atoms with E-state index in [1.54, 1.807) is 6.07 Å². The standard InChI is InChI=1S/C22H19N3O2/c1-14-7-5-6-10-17(14)21(27)25-22-23-13-18-19(24-22)11-16(12-20(18)26)15-8-3-2-4-9-15/h2-10,13,16H,11-12H2,1H3,(H,23,24,25,27)/t16-/m0/s1. The molecule has 0 radical (unpaired) electrons. The third-order valence-corrected chi connectivity index (χ3v) is 4.93. The van der Waals surface area contributed by atoms with E-state index in [2.05, 4.69) is 15.3 Å². The Morgan fingerprint density at radius 3 is 2.56 bits per heavy atom. The first-order valence-corrected chi connectivity index (χ1v) is 8.93. The average Bonchev–Trinajstić information content (AvgIpc) is 2.68. The van der Waals surface area contributed by atoms with E-state index < -0.39 is 0 Å². The molecule has 0 saturated heterocycles. The smallest absolute Gasteiger partial charge is 0.258 e. The number of nitrogens with zero attached hydrogens (tertiary/aromatic N) is 2. The number of aromatic nitrogens is 2. The minimum atomic E-state index is -0.255. The van der Waals surface area contributed by atoms with Gasteiger partial charge < -0.3 is 0 Å². The van der Waals surface area contributed by atoms with Crippen LogP contribution in [0, 0.1) is 6.92 Å². The average molecular weight is 357 g/mol. The van der Waals surface area contributed by atoms with Crippen molar-refractivity contribution in [1.29, 1.82) is 0 Å². The summed E-state index contributed by atoms with van der Waals surface area (Å²) in [7, 11) is 0. The van der Waals surface area contributed by atoms with E-state index in [0.717, 1.165) is 11.1 Å². The third-order valence-electron chi connectivity index (χ3n) is 4.93. The van der Waals surface area contributed by atoms with Gasteiger partial charge in [-0.1, -0.05) is 48.5 Å². The molecule has 1 heterocycles. The van der Waals surface area contributed by atoms with Gasteiger partial charge in [0.05, 0.1) is 11.3 Å². The van der Waals surface area contributed by atoms with Gasteiger partial charge >= 0.3 is 0 Å². The van der Waals surface area contributed by atoms with Crippen LogP contribution in [0.25, 0.3) is 0 Å². The van der Waals surface area contributed by atoms with Gasteiger partial charge in [0.1, 0.15) is 0 Å². The highest BCUT2D eigenvalue weighted by Crippen LogP contribution is 2.31. The fraction of sp³-hybridized carbons (Fsp3) is 0.182. The number of hydrogen-bond donors (Lipinski definition) is 1. The molecule has 0 bridgehead atoms. The fourth-order valence-corrected chi connectivity index (χ4v) is 3.46. The van der Waals surface area contributed by atoms with Gasteiger partial charge in [0.15, 0.2) is 5.78 Å². The predicted molar refractivity (Wildman–Crippen MR) is 103 cm³/mol. The molecule has 0 saturated carbocycles. The summed E-state index contributed by atoms with van der Waals surface area (Å²) in [6, 6.07) is 17.3. The number of fused-ring (bicyclic) bond motifs is 1. The number of benzene rings is 2. The van der Waals surface area contributed by atoms with Gasteiger partial charge in [-0.25, -0.2) is 9.97 Å². The van der Waals surface area contributed by atoms with Crippen molar-refractivity contribution >= 4 is 17.6 Å². The van der Waals surface area contributed by atoms with Crippen LogP contribution in [-0.4, -0.2) is 21.7 Å². The molecule has 1 aliphatic carbocycles. The van der Waals surface area contributed by atoms with Crippen LogP contribution in [0.2, 0.25) is 0 Å². The molecule has 1 amide bonds. The van der Waals surface area contributed by atoms with Crippen LogP contribution in [0.1, 0.15) is 49.9 Å². The zero-order chi connectivity index (χ0) is 18.8. The summed E-state index contributed by atoms with van der Waals surface area (Å²) in [6.07, 6.45) is 2.63. The normalized spacial score (nSPS) is 15.9. The SMILES string of the molecule is Cc1ccccc1C(=O)Nc1ncc2c(n1)C[C@H](c1ccccc1)CC2=O. The van der Waals surface area contributed by atoms with E-state index in [1.807, 2.05) is 55.5 Å². The van der Waals surface area contributed by atoms with E-state index in [0.29, 0.717) is 29.7 Å². The van der Waals surface area contributed by atoms with Crippen LogP contribution < -0.4 is 5.32 Å². The summed E-state index contributed by atoms with van der Waals surface area (Å²) in [5, 5.41) is 2.75. The van der Waals surface area contributed by atoms with Crippen molar-refractivity contribution in [3.8, 4) is 0 Å². The van der Waals surface area contributed by atoms with Gasteiger partial charge in [-0.15, -0.1) is 0 Å². The lowest BCUT2D eigenvalue weighted by Gasteiger charge is -2.23. The Balaban J connectivity index is 1.59. The molecule has 5 nitrogen and oxygen atoms in total. The van der Waals surface area contributed by atoms with Crippen LogP contribution in [0.5, 0.6) is 0 Å². The van der Waals surface area contributed by atoms with E-state index in [1.165, 1.54) is 6.20 Å². The number of nitrogens with one attached hydrogen (secondary N) is 1. The summed E-state index contributed by atoms with van der Waals surface area (Å²) >= 11 is 0. The van der Waals surface area contributed by atoms with Gasteiger partial charge in [0, 0.05) is 18.2 Å². The van der Waals surface area contributed by atoms with Gasteiger partial charge in [0.2, 0.25) is 5.95 Å². The number of Topliss-reactive ketones (excluding diaryl/α,β-unsaturated/α-hetero) is 1. The summed E-state index contributed by atoms with van der Waals surface area (Å²) in [6.45, 7) is 1.88. The topological polar surface area (TPSA) is 72.0 Å². The molecule has 0 fully saturated rings. The number of amides is 1. The summed E-state index contributed by atoms with van der Waals surface area (Å²) < 4.78 is 0. The van der Waals surface area contributed by atoms with E-state index >= 15 is 0 Å². The molecule has 0 spiro atoms. The van der Waals surface area contributed by atoms with Crippen molar-refractivity contribution in [2.45, 2.75) is 25.7 Å². The highest BCUT2D eigenvalue weighted by atomic mass is 16.1. The Hall–Kier alpha value is -3.34. The zero-order valence-corrected chi connectivity index (χ0v) is 15.0. The number of anilines is 1. The van der Waals surface area contributed by atoms with Crippen LogP contribution >= 0.6 is 0 Å². The van der Waals surface area contributed by atoms with Gasteiger partial charge in [-0.05, 0) is 36.5 Å². The van der Waals surface area contributed by atoms with Crippen LogP contribution in [0.15, 0.2) is 60.8 Å². The molecule has 4 rings (SSSR count). The molecular weight excluding hydrogens is 338 g/mol. The minimum absolute atomic E-state index is 0.0434. The van der Waals surface area contributed by atoms with Crippen LogP contribution in [0.3, 0.4) is 0 Å². The maximum Gasteiger partial charge on any atom is 0.258 e. The van der Waals surface area contributed by atoms with Crippen molar-refractivity contribution in [1.82, 2.24) is 9.97 Å². The number of aryl methyl sites for hydroxylation is 1. The Kier molecular flexibility index (Phi) is 4.50. The number of carbonyl (C=O) groups is 2. The molecule has 1 aromatic heterocycles. The molecule has 3 aromatic rings. The van der Waals surface area contributed by atoms with Gasteiger partial charge in [-0.2, -0.15) is 0 Å². The quantitative estimate of drug-likeness (QED) is 0.770. The first-order chi connectivity index (χ1) is 13.1. The lowest BCUT2D eigenvalue weighted by Crippen LogP contribution is -2.22. The van der Waals surface area contributed by atoms with Crippen molar-refractivity contribution in [3.05, 3.63) is 88.7 Å². The van der Waals surface area contributed by atoms with Crippen LogP contribution in [-0.2, 0) is 6.42 Å². The van der Waals surface area contributed by atoms with Gasteiger partial charge in [0.25, 0.3) is 5.91 Å². The summed E-state index contributed by atoms with van der Waals surface area (Å²) in [5.74, 6) is 0.112. The van der Waals surface area contributed by atoms with Crippen molar-refractivity contribution in [3.63, 3.8) is 0 Å². The number of rotatable bonds is 3. The van der Waals surface area contributed by atoms with Crippen LogP contribution in [0.4, 0.5) is 5.95 Å². The third kappa shape index (κ3) is 3.49. The van der Waals surface area contributed by atoms with E-state index in [-0.39, 0.29) is 23.6 Å². The number of ketones is 1.